The average molecular weight is 539 g/mol. The second-order valence-corrected chi connectivity index (χ2v) is 11.1. The van der Waals surface area contributed by atoms with Crippen LogP contribution in [0.1, 0.15) is 63.5 Å². The van der Waals surface area contributed by atoms with Crippen LogP contribution in [-0.4, -0.2) is 35.2 Å². The Labute approximate surface area is 229 Å². The van der Waals surface area contributed by atoms with Crippen molar-refractivity contribution in [3.05, 3.63) is 47.5 Å². The predicted octanol–water partition coefficient (Wildman–Crippen LogP) is 8.03. The van der Waals surface area contributed by atoms with E-state index in [-0.39, 0.29) is 0 Å². The molecule has 2 aromatic carbocycles. The van der Waals surface area contributed by atoms with Crippen LogP contribution in [0.3, 0.4) is 0 Å². The van der Waals surface area contributed by atoms with Crippen molar-refractivity contribution in [2.24, 2.45) is 0 Å². The first-order chi connectivity index (χ1) is 16.5. The maximum atomic E-state index is 6.32. The summed E-state index contributed by atoms with van der Waals surface area (Å²) in [4.78, 5) is 0. The minimum atomic E-state index is 0.356. The zero-order valence-corrected chi connectivity index (χ0v) is 24.3. The zero-order chi connectivity index (χ0) is 24.8. The molecule has 0 spiro atoms. The molecule has 0 fully saturated rings. The van der Waals surface area contributed by atoms with Crippen molar-refractivity contribution in [3.63, 3.8) is 0 Å². The molecule has 2 aromatic rings. The van der Waals surface area contributed by atoms with Gasteiger partial charge in [0.05, 0.1) is 13.2 Å². The Morgan fingerprint density at radius 2 is 1.09 bits per heavy atom. The molecule has 2 unspecified atom stereocenters. The molecule has 0 amide bonds. The number of rotatable bonds is 17. The topological polar surface area (TPSA) is 18.5 Å². The number of thiol groups is 4. The molecule has 0 aromatic heterocycles. The van der Waals surface area contributed by atoms with E-state index in [4.69, 9.17) is 9.47 Å². The fraction of sp³-hybridized carbons (Fsp3) is 0.571. The quantitative estimate of drug-likeness (QED) is 0.153. The molecule has 2 nitrogen and oxygen atoms in total. The van der Waals surface area contributed by atoms with Gasteiger partial charge in [-0.05, 0) is 98.3 Å². The van der Waals surface area contributed by atoms with Gasteiger partial charge in [-0.1, -0.05) is 26.0 Å². The highest BCUT2D eigenvalue weighted by molar-refractivity contribution is 7.81. The van der Waals surface area contributed by atoms with Crippen LogP contribution in [0.5, 0.6) is 11.5 Å². The fourth-order valence-corrected chi connectivity index (χ4v) is 4.25. The van der Waals surface area contributed by atoms with Crippen LogP contribution in [-0.2, 0) is 12.8 Å². The fourth-order valence-electron chi connectivity index (χ4n) is 3.72. The molecule has 0 saturated heterocycles. The lowest BCUT2D eigenvalue weighted by Crippen LogP contribution is -2.08. The number of hydrogen-bond donors (Lipinski definition) is 4. The number of ether oxygens (including phenoxy) is 2. The molecule has 0 heterocycles. The summed E-state index contributed by atoms with van der Waals surface area (Å²) in [6.45, 7) is 5.62. The summed E-state index contributed by atoms with van der Waals surface area (Å²) in [6, 6.07) is 13.1. The summed E-state index contributed by atoms with van der Waals surface area (Å²) in [7, 11) is 0. The van der Waals surface area contributed by atoms with Crippen molar-refractivity contribution in [2.75, 3.05) is 24.7 Å². The second kappa shape index (κ2) is 17.0. The highest BCUT2D eigenvalue weighted by Crippen LogP contribution is 2.39. The zero-order valence-electron chi connectivity index (χ0n) is 20.7. The van der Waals surface area contributed by atoms with E-state index >= 15 is 0 Å². The van der Waals surface area contributed by atoms with Gasteiger partial charge in [0.25, 0.3) is 0 Å². The minimum Gasteiger partial charge on any atom is -0.493 e. The first-order valence-electron chi connectivity index (χ1n) is 12.6. The molecule has 0 aliphatic heterocycles. The Hall–Kier alpha value is -0.560. The maximum absolute atomic E-state index is 6.32. The van der Waals surface area contributed by atoms with E-state index in [1.165, 1.54) is 11.1 Å². The van der Waals surface area contributed by atoms with Gasteiger partial charge < -0.3 is 9.47 Å². The highest BCUT2D eigenvalue weighted by atomic mass is 32.1. The molecule has 0 bridgehead atoms. The molecule has 190 valence electrons. The molecule has 0 radical (unpaired) electrons. The number of aryl methyl sites for hydroxylation is 2. The summed E-state index contributed by atoms with van der Waals surface area (Å²) in [5.74, 6) is 3.57. The van der Waals surface area contributed by atoms with Gasteiger partial charge in [0.1, 0.15) is 11.5 Å². The maximum Gasteiger partial charge on any atom is 0.127 e. The normalized spacial score (nSPS) is 13.0. The van der Waals surface area contributed by atoms with E-state index in [0.29, 0.717) is 23.7 Å². The molecule has 2 atom stereocenters. The van der Waals surface area contributed by atoms with Crippen molar-refractivity contribution in [2.45, 2.75) is 75.7 Å². The van der Waals surface area contributed by atoms with Crippen LogP contribution in [0.4, 0.5) is 0 Å². The molecule has 0 aliphatic rings. The van der Waals surface area contributed by atoms with Crippen LogP contribution in [0, 0.1) is 0 Å². The van der Waals surface area contributed by atoms with Gasteiger partial charge in [-0.3, -0.25) is 0 Å². The Balaban J connectivity index is 2.42. The molecule has 0 N–H and O–H groups in total. The summed E-state index contributed by atoms with van der Waals surface area (Å²) in [5, 5.41) is 0.712. The third kappa shape index (κ3) is 10.2. The lowest BCUT2D eigenvalue weighted by molar-refractivity contribution is 0.305. The average Bonchev–Trinajstić information content (AvgIpc) is 2.86. The van der Waals surface area contributed by atoms with E-state index in [1.807, 2.05) is 0 Å². The van der Waals surface area contributed by atoms with E-state index in [0.717, 1.165) is 85.5 Å². The largest absolute Gasteiger partial charge is 0.493 e. The number of hydrogen-bond acceptors (Lipinski definition) is 6. The molecule has 34 heavy (non-hydrogen) atoms. The van der Waals surface area contributed by atoms with Crippen LogP contribution >= 0.6 is 50.5 Å². The van der Waals surface area contributed by atoms with E-state index in [2.05, 4.69) is 101 Å². The van der Waals surface area contributed by atoms with Gasteiger partial charge in [-0.15, -0.1) is 0 Å². The second-order valence-electron chi connectivity index (χ2n) is 8.71. The van der Waals surface area contributed by atoms with Crippen molar-refractivity contribution in [3.8, 4) is 22.6 Å². The Kier molecular flexibility index (Phi) is 14.8. The molecular weight excluding hydrogens is 497 g/mol. The van der Waals surface area contributed by atoms with Crippen LogP contribution < -0.4 is 9.47 Å². The summed E-state index contributed by atoms with van der Waals surface area (Å²) >= 11 is 18.1. The SMILES string of the molecule is CCC(S)CCOc1ccc(CCCS)cc1-c1cc(CCCS)ccc1OCCC(S)CC. The lowest BCUT2D eigenvalue weighted by Gasteiger charge is -2.19. The predicted molar refractivity (Wildman–Crippen MR) is 163 cm³/mol. The van der Waals surface area contributed by atoms with Gasteiger partial charge in [0.2, 0.25) is 0 Å². The van der Waals surface area contributed by atoms with E-state index < -0.39 is 0 Å². The molecule has 0 aliphatic carbocycles. The van der Waals surface area contributed by atoms with Crippen molar-refractivity contribution in [1.82, 2.24) is 0 Å². The van der Waals surface area contributed by atoms with Gasteiger partial charge in [-0.2, -0.15) is 50.5 Å². The summed E-state index contributed by atoms with van der Waals surface area (Å²) < 4.78 is 12.6. The molecule has 6 heteroatoms. The van der Waals surface area contributed by atoms with Crippen LogP contribution in [0.2, 0.25) is 0 Å². The molecule has 2 rings (SSSR count). The molecule has 0 saturated carbocycles. The van der Waals surface area contributed by atoms with Crippen molar-refractivity contribution < 1.29 is 9.47 Å². The smallest absolute Gasteiger partial charge is 0.127 e. The highest BCUT2D eigenvalue weighted by Gasteiger charge is 2.15. The Bertz CT molecular complexity index is 774. The molecular formula is C28H42O2S4. The van der Waals surface area contributed by atoms with Gasteiger partial charge in [0, 0.05) is 21.6 Å². The minimum absolute atomic E-state index is 0.356. The number of benzene rings is 2. The first-order valence-corrected chi connectivity index (χ1v) is 14.9. The Morgan fingerprint density at radius 3 is 1.44 bits per heavy atom. The summed E-state index contributed by atoms with van der Waals surface area (Å²) in [6.07, 6.45) is 8.02. The van der Waals surface area contributed by atoms with E-state index in [1.54, 1.807) is 0 Å². The van der Waals surface area contributed by atoms with Gasteiger partial charge >= 0.3 is 0 Å². The summed E-state index contributed by atoms with van der Waals surface area (Å²) in [5.41, 5.74) is 4.80. The van der Waals surface area contributed by atoms with Crippen molar-refractivity contribution >= 4 is 50.5 Å². The lowest BCUT2D eigenvalue weighted by atomic mass is 9.96. The van der Waals surface area contributed by atoms with E-state index in [9.17, 15) is 0 Å². The van der Waals surface area contributed by atoms with Gasteiger partial charge in [0.15, 0.2) is 0 Å². The Morgan fingerprint density at radius 1 is 0.676 bits per heavy atom. The van der Waals surface area contributed by atoms with Crippen LogP contribution in [0.25, 0.3) is 11.1 Å². The van der Waals surface area contributed by atoms with Crippen LogP contribution in [0.15, 0.2) is 36.4 Å². The monoisotopic (exact) mass is 538 g/mol. The standard InChI is InChI=1S/C28H42O2S4/c1-3-23(33)13-15-29-27-11-9-21(7-5-17-31)19-25(27)26-20-22(8-6-18-32)10-12-28(26)30-16-14-24(34)4-2/h9-12,19-20,23-24,31-34H,3-8,13-18H2,1-2H3. The first kappa shape index (κ1) is 29.7. The van der Waals surface area contributed by atoms with Gasteiger partial charge in [-0.25, -0.2) is 0 Å². The third-order valence-electron chi connectivity index (χ3n) is 5.99. The van der Waals surface area contributed by atoms with Crippen molar-refractivity contribution in [1.29, 1.82) is 0 Å². The third-order valence-corrected chi connectivity index (χ3v) is 7.86.